The monoisotopic (exact) mass is 398 g/mol. The van der Waals surface area contributed by atoms with E-state index in [4.69, 9.17) is 0 Å². The molecule has 2 aromatic carbocycles. The summed E-state index contributed by atoms with van der Waals surface area (Å²) >= 11 is 1.16. The summed E-state index contributed by atoms with van der Waals surface area (Å²) in [5.74, 6) is -0.846. The molecule has 0 radical (unpaired) electrons. The topological polar surface area (TPSA) is 82.9 Å². The van der Waals surface area contributed by atoms with Crippen molar-refractivity contribution in [2.75, 3.05) is 5.32 Å². The molecule has 1 unspecified atom stereocenters. The van der Waals surface area contributed by atoms with Gasteiger partial charge in [0.05, 0.1) is 5.71 Å². The Labute approximate surface area is 166 Å². The van der Waals surface area contributed by atoms with E-state index < -0.39 is 5.25 Å². The molecule has 144 valence electrons. The zero-order valence-corrected chi connectivity index (χ0v) is 16.2. The highest BCUT2D eigenvalue weighted by Gasteiger charge is 2.32. The molecule has 0 spiro atoms. The summed E-state index contributed by atoms with van der Waals surface area (Å²) in [5, 5.41) is 13.3. The summed E-state index contributed by atoms with van der Waals surface area (Å²) in [6.45, 7) is 3.64. The summed E-state index contributed by atoms with van der Waals surface area (Å²) in [7, 11) is 0. The molecule has 1 fully saturated rings. The number of anilines is 1. The second-order valence-electron chi connectivity index (χ2n) is 6.26. The standard InChI is InChI=1S/C20H19FN4O2S/c1-12-5-3-4-6-16(12)22-18(26)11-17-19(27)23-20(28-17)25-24-13(2)14-7-9-15(21)10-8-14/h3-10,17H,11H2,1-2H3,(H,22,26)(H,23,25,27). The molecule has 1 aliphatic rings. The minimum atomic E-state index is -0.566. The van der Waals surface area contributed by atoms with Crippen LogP contribution < -0.4 is 10.6 Å². The third kappa shape index (κ3) is 5.04. The third-order valence-corrected chi connectivity index (χ3v) is 5.19. The lowest BCUT2D eigenvalue weighted by Gasteiger charge is -2.09. The molecular formula is C20H19FN4O2S. The Kier molecular flexibility index (Phi) is 6.20. The molecule has 3 rings (SSSR count). The van der Waals surface area contributed by atoms with Crippen molar-refractivity contribution in [2.24, 2.45) is 10.2 Å². The molecule has 0 saturated carbocycles. The minimum absolute atomic E-state index is 0.0323. The van der Waals surface area contributed by atoms with Gasteiger partial charge in [-0.2, -0.15) is 5.10 Å². The lowest BCUT2D eigenvalue weighted by molar-refractivity contribution is -0.122. The number of aryl methyl sites for hydroxylation is 1. The van der Waals surface area contributed by atoms with Crippen LogP contribution in [0.4, 0.5) is 10.1 Å². The highest BCUT2D eigenvalue weighted by Crippen LogP contribution is 2.23. The van der Waals surface area contributed by atoms with Gasteiger partial charge in [0.25, 0.3) is 0 Å². The molecule has 2 aromatic rings. The average molecular weight is 398 g/mol. The van der Waals surface area contributed by atoms with E-state index in [1.54, 1.807) is 19.1 Å². The Morgan fingerprint density at radius 3 is 2.64 bits per heavy atom. The maximum Gasteiger partial charge on any atom is 0.240 e. The highest BCUT2D eigenvalue weighted by atomic mass is 32.2. The summed E-state index contributed by atoms with van der Waals surface area (Å²) in [6, 6.07) is 13.3. The van der Waals surface area contributed by atoms with E-state index in [0.29, 0.717) is 10.9 Å². The van der Waals surface area contributed by atoms with E-state index in [1.165, 1.54) is 12.1 Å². The lowest BCUT2D eigenvalue weighted by Crippen LogP contribution is -2.28. The first-order chi connectivity index (χ1) is 13.4. The molecule has 1 heterocycles. The Morgan fingerprint density at radius 1 is 1.21 bits per heavy atom. The van der Waals surface area contributed by atoms with Gasteiger partial charge in [0.15, 0.2) is 5.17 Å². The maximum atomic E-state index is 13.0. The fourth-order valence-corrected chi connectivity index (χ4v) is 3.46. The molecule has 6 nitrogen and oxygen atoms in total. The van der Waals surface area contributed by atoms with Gasteiger partial charge in [-0.3, -0.25) is 9.59 Å². The summed E-state index contributed by atoms with van der Waals surface area (Å²) in [4.78, 5) is 24.4. The first-order valence-corrected chi connectivity index (χ1v) is 9.51. The van der Waals surface area contributed by atoms with Crippen LogP contribution in [0.1, 0.15) is 24.5 Å². The number of nitrogens with one attached hydrogen (secondary N) is 2. The van der Waals surface area contributed by atoms with Crippen LogP contribution in [-0.4, -0.2) is 27.9 Å². The van der Waals surface area contributed by atoms with Crippen molar-refractivity contribution in [1.82, 2.24) is 5.32 Å². The van der Waals surface area contributed by atoms with Crippen LogP contribution in [0.15, 0.2) is 58.7 Å². The van der Waals surface area contributed by atoms with E-state index in [-0.39, 0.29) is 24.1 Å². The molecule has 1 atom stereocenters. The van der Waals surface area contributed by atoms with Gasteiger partial charge in [0, 0.05) is 12.1 Å². The van der Waals surface area contributed by atoms with Crippen LogP contribution in [0.5, 0.6) is 0 Å². The van der Waals surface area contributed by atoms with Gasteiger partial charge >= 0.3 is 0 Å². The molecule has 0 bridgehead atoms. The summed E-state index contributed by atoms with van der Waals surface area (Å²) in [6.07, 6.45) is 0.0323. The molecule has 28 heavy (non-hydrogen) atoms. The quantitative estimate of drug-likeness (QED) is 0.598. The van der Waals surface area contributed by atoms with Crippen LogP contribution in [0.25, 0.3) is 0 Å². The number of para-hydroxylation sites is 1. The number of amides is 2. The molecule has 1 saturated heterocycles. The second-order valence-corrected chi connectivity index (χ2v) is 7.45. The third-order valence-electron chi connectivity index (χ3n) is 4.12. The number of hydrogen-bond acceptors (Lipinski definition) is 5. The van der Waals surface area contributed by atoms with Crippen molar-refractivity contribution >= 4 is 40.1 Å². The van der Waals surface area contributed by atoms with E-state index in [9.17, 15) is 14.0 Å². The van der Waals surface area contributed by atoms with Gasteiger partial charge in [-0.15, -0.1) is 5.10 Å². The number of rotatable bonds is 5. The Hall–Kier alpha value is -3.00. The number of halogens is 1. The number of nitrogens with zero attached hydrogens (tertiary/aromatic N) is 2. The molecule has 1 aliphatic heterocycles. The molecule has 2 amide bonds. The van der Waals surface area contributed by atoms with Crippen molar-refractivity contribution in [1.29, 1.82) is 0 Å². The van der Waals surface area contributed by atoms with Crippen molar-refractivity contribution in [3.63, 3.8) is 0 Å². The predicted molar refractivity (Wildman–Crippen MR) is 110 cm³/mol. The predicted octanol–water partition coefficient (Wildman–Crippen LogP) is 3.47. The van der Waals surface area contributed by atoms with E-state index in [2.05, 4.69) is 20.8 Å². The zero-order chi connectivity index (χ0) is 20.1. The minimum Gasteiger partial charge on any atom is -0.326 e. The van der Waals surface area contributed by atoms with E-state index in [0.717, 1.165) is 28.6 Å². The van der Waals surface area contributed by atoms with Crippen LogP contribution >= 0.6 is 11.8 Å². The van der Waals surface area contributed by atoms with Crippen LogP contribution in [0.3, 0.4) is 0 Å². The number of carbonyl (C=O) groups excluding carboxylic acids is 2. The van der Waals surface area contributed by atoms with Gasteiger partial charge in [-0.25, -0.2) is 4.39 Å². The van der Waals surface area contributed by atoms with Crippen molar-refractivity contribution in [2.45, 2.75) is 25.5 Å². The van der Waals surface area contributed by atoms with Gasteiger partial charge in [0.1, 0.15) is 11.1 Å². The van der Waals surface area contributed by atoms with Crippen LogP contribution in [0.2, 0.25) is 0 Å². The zero-order valence-electron chi connectivity index (χ0n) is 15.4. The number of benzene rings is 2. The smallest absolute Gasteiger partial charge is 0.240 e. The molecular weight excluding hydrogens is 379 g/mol. The maximum absolute atomic E-state index is 13.0. The number of hydrogen-bond donors (Lipinski definition) is 2. The lowest BCUT2D eigenvalue weighted by atomic mass is 10.1. The molecule has 0 aromatic heterocycles. The van der Waals surface area contributed by atoms with Gasteiger partial charge in [-0.05, 0) is 43.2 Å². The molecule has 0 aliphatic carbocycles. The second kappa shape index (κ2) is 8.79. The fraction of sp³-hybridized carbons (Fsp3) is 0.200. The number of thioether (sulfide) groups is 1. The largest absolute Gasteiger partial charge is 0.326 e. The fourth-order valence-electron chi connectivity index (χ4n) is 2.54. The Bertz CT molecular complexity index is 957. The van der Waals surface area contributed by atoms with E-state index >= 15 is 0 Å². The van der Waals surface area contributed by atoms with Crippen molar-refractivity contribution < 1.29 is 14.0 Å². The SMILES string of the molecule is CC(=N/N=C1\NC(=O)C(CC(=O)Nc2ccccc2C)S1)c1ccc(F)cc1. The molecule has 8 heteroatoms. The first-order valence-electron chi connectivity index (χ1n) is 8.63. The number of amidine groups is 1. The number of carbonyl (C=O) groups is 2. The van der Waals surface area contributed by atoms with Crippen LogP contribution in [-0.2, 0) is 9.59 Å². The van der Waals surface area contributed by atoms with Crippen molar-refractivity contribution in [3.8, 4) is 0 Å². The van der Waals surface area contributed by atoms with Crippen LogP contribution in [0, 0.1) is 12.7 Å². The Morgan fingerprint density at radius 2 is 1.93 bits per heavy atom. The average Bonchev–Trinajstić information content (AvgIpc) is 3.01. The van der Waals surface area contributed by atoms with Gasteiger partial charge in [-0.1, -0.05) is 42.1 Å². The normalized spacial score (nSPS) is 18.2. The summed E-state index contributed by atoms with van der Waals surface area (Å²) in [5.41, 5.74) is 2.99. The Balaban J connectivity index is 1.60. The molecule has 2 N–H and O–H groups in total. The highest BCUT2D eigenvalue weighted by molar-refractivity contribution is 8.15. The van der Waals surface area contributed by atoms with E-state index in [1.807, 2.05) is 31.2 Å². The van der Waals surface area contributed by atoms with Crippen molar-refractivity contribution in [3.05, 3.63) is 65.5 Å². The summed E-state index contributed by atoms with van der Waals surface area (Å²) < 4.78 is 13.0. The first kappa shape index (κ1) is 19.8. The van der Waals surface area contributed by atoms with Gasteiger partial charge in [0.2, 0.25) is 11.8 Å². The van der Waals surface area contributed by atoms with Gasteiger partial charge < -0.3 is 10.6 Å².